The van der Waals surface area contributed by atoms with Gasteiger partial charge >= 0.3 is 0 Å². The fourth-order valence-electron chi connectivity index (χ4n) is 7.24. The summed E-state index contributed by atoms with van der Waals surface area (Å²) in [5.74, 6) is -0.328. The molecule has 3 unspecified atom stereocenters. The van der Waals surface area contributed by atoms with Gasteiger partial charge in [-0.3, -0.25) is 4.79 Å². The van der Waals surface area contributed by atoms with Crippen molar-refractivity contribution < 1.29 is 20.1 Å². The summed E-state index contributed by atoms with van der Waals surface area (Å²) in [7, 11) is 0. The Morgan fingerprint density at radius 1 is 0.463 bits per heavy atom. The summed E-state index contributed by atoms with van der Waals surface area (Å²) in [6.45, 7) is 4.16. The molecule has 0 radical (unpaired) electrons. The van der Waals surface area contributed by atoms with Crippen LogP contribution in [0.4, 0.5) is 0 Å². The Hall–Kier alpha value is -1.43. The van der Waals surface area contributed by atoms with Gasteiger partial charge in [0.05, 0.1) is 31.3 Å². The van der Waals surface area contributed by atoms with E-state index in [4.69, 9.17) is 0 Å². The summed E-state index contributed by atoms with van der Waals surface area (Å²) < 4.78 is 0. The first-order valence-electron chi connectivity index (χ1n) is 23.8. The van der Waals surface area contributed by atoms with Crippen molar-refractivity contribution in [1.82, 2.24) is 5.32 Å². The smallest absolute Gasteiger partial charge is 0.222 e. The minimum Gasteiger partial charge on any atom is -0.394 e. The Kier molecular flexibility index (Phi) is 43.1. The van der Waals surface area contributed by atoms with Crippen molar-refractivity contribution in [3.8, 4) is 0 Å². The van der Waals surface area contributed by atoms with Crippen LogP contribution in [0.1, 0.15) is 245 Å². The van der Waals surface area contributed by atoms with Gasteiger partial charge in [0, 0.05) is 0 Å². The molecule has 0 aliphatic rings. The molecular formula is C49H93NO4. The van der Waals surface area contributed by atoms with Gasteiger partial charge in [-0.1, -0.05) is 237 Å². The van der Waals surface area contributed by atoms with Crippen LogP contribution in [0.15, 0.2) is 36.5 Å². The molecule has 0 aromatic rings. The van der Waals surface area contributed by atoms with E-state index in [9.17, 15) is 20.1 Å². The van der Waals surface area contributed by atoms with Crippen LogP contribution < -0.4 is 5.32 Å². The molecule has 3 atom stereocenters. The monoisotopic (exact) mass is 760 g/mol. The molecule has 0 aliphatic heterocycles. The van der Waals surface area contributed by atoms with Crippen molar-refractivity contribution >= 4 is 5.91 Å². The van der Waals surface area contributed by atoms with E-state index in [-0.39, 0.29) is 18.9 Å². The third-order valence-electron chi connectivity index (χ3n) is 10.9. The predicted molar refractivity (Wildman–Crippen MR) is 236 cm³/mol. The number of aliphatic hydroxyl groups is 3. The van der Waals surface area contributed by atoms with E-state index in [2.05, 4.69) is 43.5 Å². The summed E-state index contributed by atoms with van der Waals surface area (Å²) in [6.07, 6.45) is 56.0. The Bertz CT molecular complexity index is 840. The van der Waals surface area contributed by atoms with Crippen LogP contribution in [-0.2, 0) is 4.79 Å². The average molecular weight is 760 g/mol. The highest BCUT2D eigenvalue weighted by atomic mass is 16.3. The van der Waals surface area contributed by atoms with Crippen LogP contribution in [0.5, 0.6) is 0 Å². The first kappa shape index (κ1) is 52.6. The number of hydrogen-bond donors (Lipinski definition) is 4. The Labute approximate surface area is 336 Å². The topological polar surface area (TPSA) is 89.8 Å². The summed E-state index contributed by atoms with van der Waals surface area (Å²) >= 11 is 0. The lowest BCUT2D eigenvalue weighted by Crippen LogP contribution is -2.45. The largest absolute Gasteiger partial charge is 0.394 e. The Morgan fingerprint density at radius 3 is 1.17 bits per heavy atom. The highest BCUT2D eigenvalue weighted by Crippen LogP contribution is 2.17. The number of aliphatic hydroxyl groups excluding tert-OH is 3. The average Bonchev–Trinajstić information content (AvgIpc) is 3.16. The molecule has 5 heteroatoms. The van der Waals surface area contributed by atoms with Crippen LogP contribution >= 0.6 is 0 Å². The van der Waals surface area contributed by atoms with Crippen molar-refractivity contribution in [3.05, 3.63) is 36.5 Å². The number of allylic oxidation sites excluding steroid dienone is 5. The number of hydrogen-bond acceptors (Lipinski definition) is 4. The molecule has 0 fully saturated rings. The molecule has 0 saturated carbocycles. The minimum atomic E-state index is -0.957. The number of nitrogens with one attached hydrogen (secondary N) is 1. The van der Waals surface area contributed by atoms with Gasteiger partial charge in [-0.05, 0) is 38.5 Å². The van der Waals surface area contributed by atoms with Crippen LogP contribution in [0.2, 0.25) is 0 Å². The van der Waals surface area contributed by atoms with Crippen molar-refractivity contribution in [1.29, 1.82) is 0 Å². The third kappa shape index (κ3) is 40.2. The standard InChI is InChI=1S/C49H93NO4/c1-3-5-7-9-11-13-15-17-18-19-20-21-22-23-24-25-26-27-28-29-30-31-32-34-36-38-40-42-46(52)44-49(54)50-47(45-51)48(53)43-41-39-37-35-33-16-14-12-10-8-6-4-2/h10,12,33,35,41,43,46-48,51-53H,3-9,11,13-32,34,36-40,42,44-45H2,1-2H3,(H,50,54)/b12-10+,35-33+,43-41+. The molecule has 1 amide bonds. The molecule has 4 N–H and O–H groups in total. The second-order valence-corrected chi connectivity index (χ2v) is 16.4. The molecule has 54 heavy (non-hydrogen) atoms. The second kappa shape index (κ2) is 44.3. The van der Waals surface area contributed by atoms with Crippen molar-refractivity contribution in [2.75, 3.05) is 6.61 Å². The highest BCUT2D eigenvalue weighted by Gasteiger charge is 2.20. The van der Waals surface area contributed by atoms with E-state index in [0.717, 1.165) is 38.5 Å². The first-order valence-corrected chi connectivity index (χ1v) is 23.8. The highest BCUT2D eigenvalue weighted by molar-refractivity contribution is 5.76. The van der Waals surface area contributed by atoms with Gasteiger partial charge in [0.25, 0.3) is 0 Å². The Balaban J connectivity index is 3.55. The summed E-state index contributed by atoms with van der Waals surface area (Å²) in [5, 5.41) is 33.2. The number of carbonyl (C=O) groups is 1. The predicted octanol–water partition coefficient (Wildman–Crippen LogP) is 13.9. The number of carbonyl (C=O) groups excluding carboxylic acids is 1. The molecule has 0 aromatic heterocycles. The zero-order valence-corrected chi connectivity index (χ0v) is 36.1. The van der Waals surface area contributed by atoms with Gasteiger partial charge in [0.2, 0.25) is 5.91 Å². The molecule has 0 heterocycles. The molecular weight excluding hydrogens is 667 g/mol. The van der Waals surface area contributed by atoms with Crippen LogP contribution in [0.3, 0.4) is 0 Å². The van der Waals surface area contributed by atoms with Crippen molar-refractivity contribution in [3.63, 3.8) is 0 Å². The molecule has 0 rings (SSSR count). The quantitative estimate of drug-likeness (QED) is 0.0368. The molecule has 0 saturated heterocycles. The zero-order valence-electron chi connectivity index (χ0n) is 36.1. The fraction of sp³-hybridized carbons (Fsp3) is 0.857. The van der Waals surface area contributed by atoms with Gasteiger partial charge in [-0.15, -0.1) is 0 Å². The lowest BCUT2D eigenvalue weighted by Gasteiger charge is -2.21. The minimum absolute atomic E-state index is 0.00496. The molecule has 5 nitrogen and oxygen atoms in total. The maximum atomic E-state index is 12.4. The number of rotatable bonds is 43. The van der Waals surface area contributed by atoms with Crippen molar-refractivity contribution in [2.24, 2.45) is 0 Å². The van der Waals surface area contributed by atoms with Gasteiger partial charge in [0.1, 0.15) is 0 Å². The second-order valence-electron chi connectivity index (χ2n) is 16.4. The van der Waals surface area contributed by atoms with E-state index >= 15 is 0 Å². The van der Waals surface area contributed by atoms with Gasteiger partial charge < -0.3 is 20.6 Å². The third-order valence-corrected chi connectivity index (χ3v) is 10.9. The maximum absolute atomic E-state index is 12.4. The van der Waals surface area contributed by atoms with Crippen LogP contribution in [-0.4, -0.2) is 46.1 Å². The molecule has 318 valence electrons. The fourth-order valence-corrected chi connectivity index (χ4v) is 7.24. The summed E-state index contributed by atoms with van der Waals surface area (Å²) in [5.41, 5.74) is 0. The molecule has 0 aromatic carbocycles. The summed E-state index contributed by atoms with van der Waals surface area (Å²) in [4.78, 5) is 12.4. The van der Waals surface area contributed by atoms with E-state index in [0.29, 0.717) is 6.42 Å². The molecule has 0 aliphatic carbocycles. The van der Waals surface area contributed by atoms with Gasteiger partial charge in [-0.25, -0.2) is 0 Å². The summed E-state index contributed by atoms with van der Waals surface area (Å²) in [6, 6.07) is -0.764. The van der Waals surface area contributed by atoms with Gasteiger partial charge in [-0.2, -0.15) is 0 Å². The zero-order chi connectivity index (χ0) is 39.4. The maximum Gasteiger partial charge on any atom is 0.222 e. The van der Waals surface area contributed by atoms with Crippen LogP contribution in [0.25, 0.3) is 0 Å². The van der Waals surface area contributed by atoms with Crippen molar-refractivity contribution in [2.45, 2.75) is 263 Å². The molecule has 0 bridgehead atoms. The van der Waals surface area contributed by atoms with E-state index in [1.807, 2.05) is 6.08 Å². The first-order chi connectivity index (χ1) is 26.5. The van der Waals surface area contributed by atoms with E-state index < -0.39 is 18.2 Å². The van der Waals surface area contributed by atoms with E-state index in [1.165, 1.54) is 180 Å². The van der Waals surface area contributed by atoms with Crippen LogP contribution in [0, 0.1) is 0 Å². The lowest BCUT2D eigenvalue weighted by molar-refractivity contribution is -0.124. The van der Waals surface area contributed by atoms with Gasteiger partial charge in [0.15, 0.2) is 0 Å². The van der Waals surface area contributed by atoms with E-state index in [1.54, 1.807) is 6.08 Å². The number of unbranched alkanes of at least 4 members (excludes halogenated alkanes) is 30. The normalized spacial score (nSPS) is 13.8. The molecule has 0 spiro atoms. The number of amides is 1. The lowest BCUT2D eigenvalue weighted by atomic mass is 10.0. The SMILES string of the molecule is CCCC/C=C/CC/C=C/CC/C=C/C(O)C(CO)NC(=O)CC(O)CCCCCCCCCCCCCCCCCCCCCCCCCCCCC. The Morgan fingerprint density at radius 2 is 0.796 bits per heavy atom.